The van der Waals surface area contributed by atoms with Crippen molar-refractivity contribution >= 4 is 65.2 Å². The Kier molecular flexibility index (Phi) is 8.11. The molecule has 0 aliphatic heterocycles. The molecule has 0 aliphatic carbocycles. The summed E-state index contributed by atoms with van der Waals surface area (Å²) >= 11 is 0. The van der Waals surface area contributed by atoms with Crippen LogP contribution in [0.3, 0.4) is 0 Å². The summed E-state index contributed by atoms with van der Waals surface area (Å²) in [6.07, 6.45) is 9.51. The van der Waals surface area contributed by atoms with E-state index in [2.05, 4.69) is 189 Å². The lowest BCUT2D eigenvalue weighted by Crippen LogP contribution is -1.97. The molecule has 0 aliphatic rings. The second-order valence-corrected chi connectivity index (χ2v) is 16.3. The lowest BCUT2D eigenvalue weighted by atomic mass is 9.85. The highest BCUT2D eigenvalue weighted by Crippen LogP contribution is 2.45. The summed E-state index contributed by atoms with van der Waals surface area (Å²) in [5.41, 5.74) is 14.9. The predicted octanol–water partition coefficient (Wildman–Crippen LogP) is 14.4. The average Bonchev–Trinajstić information content (AvgIpc) is 3.89. The van der Waals surface area contributed by atoms with Gasteiger partial charge in [-0.15, -0.1) is 0 Å². The van der Waals surface area contributed by atoms with Gasteiger partial charge in [0.1, 0.15) is 0 Å². The quantitative estimate of drug-likeness (QED) is 0.157. The maximum Gasteiger partial charge on any atom is 0.0899 e. The molecule has 6 heterocycles. The largest absolute Gasteiger partial charge is 0.309 e. The Morgan fingerprint density at radius 2 is 0.812 bits per heavy atom. The highest BCUT2D eigenvalue weighted by atomic mass is 15.0. The van der Waals surface area contributed by atoms with Crippen molar-refractivity contribution in [1.82, 2.24) is 29.1 Å². The van der Waals surface area contributed by atoms with E-state index in [1.165, 1.54) is 37.9 Å². The fourth-order valence-corrected chi connectivity index (χ4v) is 9.99. The Morgan fingerprint density at radius 1 is 0.297 bits per heavy atom. The Balaban J connectivity index is 1.00. The molecule has 13 aromatic rings. The molecule has 6 heteroatoms. The van der Waals surface area contributed by atoms with E-state index in [1.807, 2.05) is 49.2 Å². The van der Waals surface area contributed by atoms with Gasteiger partial charge in [-0.2, -0.15) is 0 Å². The maximum absolute atomic E-state index is 5.35. The first kappa shape index (κ1) is 36.0. The third-order valence-electron chi connectivity index (χ3n) is 12.7. The molecular weight excluding hydrogens is 781 g/mol. The smallest absolute Gasteiger partial charge is 0.0899 e. The van der Waals surface area contributed by atoms with E-state index in [4.69, 9.17) is 9.97 Å². The van der Waals surface area contributed by atoms with E-state index in [9.17, 15) is 0 Å². The third-order valence-corrected chi connectivity index (χ3v) is 12.7. The number of benzene rings is 7. The minimum absolute atomic E-state index is 0.815. The molecule has 0 bridgehead atoms. The zero-order chi connectivity index (χ0) is 42.1. The summed E-state index contributed by atoms with van der Waals surface area (Å²) in [6.45, 7) is 0. The van der Waals surface area contributed by atoms with Crippen LogP contribution in [0, 0.1) is 0 Å². The van der Waals surface area contributed by atoms with Crippen LogP contribution in [0.25, 0.3) is 121 Å². The highest BCUT2D eigenvalue weighted by Gasteiger charge is 2.20. The summed E-state index contributed by atoms with van der Waals surface area (Å²) < 4.78 is 4.66. The van der Waals surface area contributed by atoms with Crippen molar-refractivity contribution in [1.29, 1.82) is 0 Å². The van der Waals surface area contributed by atoms with Gasteiger partial charge >= 0.3 is 0 Å². The van der Waals surface area contributed by atoms with Crippen LogP contribution in [0.4, 0.5) is 0 Å². The Bertz CT molecular complexity index is 3790. The standard InChI is InChI=1S/C58H36N6/c1-3-18-46-44(16-1)57(37-23-25-40(26-24-37)63-53-21-7-5-14-42(53)48-35-59-30-27-55(48)63)45-17-2-4-19-47(45)58(46)39-33-51(62-52(34-39)50-20-9-10-29-61-50)38-12-11-13-41(32-38)64-54-22-8-6-15-43(54)49-36-60-31-28-56(49)64/h1-36H. The molecule has 64 heavy (non-hydrogen) atoms. The van der Waals surface area contributed by atoms with Gasteiger partial charge in [0.05, 0.1) is 39.1 Å². The van der Waals surface area contributed by atoms with Gasteiger partial charge in [-0.3, -0.25) is 15.0 Å². The topological polar surface area (TPSA) is 61.4 Å². The van der Waals surface area contributed by atoms with Gasteiger partial charge in [-0.25, -0.2) is 4.98 Å². The lowest BCUT2D eigenvalue weighted by Gasteiger charge is -2.19. The molecule has 6 aromatic heterocycles. The molecule has 0 saturated heterocycles. The van der Waals surface area contributed by atoms with Gasteiger partial charge in [0.2, 0.25) is 0 Å². The fourth-order valence-electron chi connectivity index (χ4n) is 9.99. The third kappa shape index (κ3) is 5.59. The SMILES string of the molecule is c1ccc(-c2cc(-c3c4ccccc4c(-c4ccc(-n5c6ccccc6c6cnccc65)cc4)c4ccccc34)cc(-c3cccc(-n4c5ccccc5c5cnccc54)c3)n2)nc1. The maximum atomic E-state index is 5.35. The molecule has 0 unspecified atom stereocenters. The molecular formula is C58H36N6. The molecule has 298 valence electrons. The summed E-state index contributed by atoms with van der Waals surface area (Å²) in [4.78, 5) is 19.1. The zero-order valence-electron chi connectivity index (χ0n) is 34.5. The van der Waals surface area contributed by atoms with E-state index in [0.717, 1.165) is 83.5 Å². The van der Waals surface area contributed by atoms with Gasteiger partial charge in [-0.05, 0) is 117 Å². The number of nitrogens with zero attached hydrogens (tertiary/aromatic N) is 6. The summed E-state index contributed by atoms with van der Waals surface area (Å²) in [5.74, 6) is 0. The number of hydrogen-bond acceptors (Lipinski definition) is 4. The van der Waals surface area contributed by atoms with E-state index in [0.29, 0.717) is 0 Å². The second-order valence-electron chi connectivity index (χ2n) is 16.3. The minimum Gasteiger partial charge on any atom is -0.309 e. The lowest BCUT2D eigenvalue weighted by molar-refractivity contribution is 1.17. The number of hydrogen-bond donors (Lipinski definition) is 0. The number of pyridine rings is 4. The first-order chi connectivity index (χ1) is 31.8. The molecule has 0 spiro atoms. The van der Waals surface area contributed by atoms with Crippen LogP contribution in [-0.4, -0.2) is 29.1 Å². The molecule has 13 rings (SSSR count). The number of rotatable bonds is 6. The number of aromatic nitrogens is 6. The molecule has 6 nitrogen and oxygen atoms in total. The summed E-state index contributed by atoms with van der Waals surface area (Å²) in [5, 5.41) is 9.36. The van der Waals surface area contributed by atoms with Gasteiger partial charge < -0.3 is 9.13 Å². The molecule has 0 fully saturated rings. The average molecular weight is 817 g/mol. The van der Waals surface area contributed by atoms with Gasteiger partial charge in [0, 0.05) is 69.5 Å². The van der Waals surface area contributed by atoms with Crippen molar-refractivity contribution in [2.75, 3.05) is 0 Å². The molecule has 0 N–H and O–H groups in total. The van der Waals surface area contributed by atoms with Crippen molar-refractivity contribution in [2.45, 2.75) is 0 Å². The van der Waals surface area contributed by atoms with Crippen molar-refractivity contribution in [3.05, 3.63) is 219 Å². The van der Waals surface area contributed by atoms with Gasteiger partial charge in [0.25, 0.3) is 0 Å². The minimum atomic E-state index is 0.815. The molecule has 0 saturated carbocycles. The van der Waals surface area contributed by atoms with E-state index in [1.54, 1.807) is 0 Å². The molecule has 0 radical (unpaired) electrons. The van der Waals surface area contributed by atoms with Crippen LogP contribution in [-0.2, 0) is 0 Å². The van der Waals surface area contributed by atoms with Gasteiger partial charge in [0.15, 0.2) is 0 Å². The van der Waals surface area contributed by atoms with Crippen LogP contribution < -0.4 is 0 Å². The fraction of sp³-hybridized carbons (Fsp3) is 0. The number of para-hydroxylation sites is 2. The monoisotopic (exact) mass is 816 g/mol. The summed E-state index contributed by atoms with van der Waals surface area (Å²) in [7, 11) is 0. The Hall–Kier alpha value is -8.74. The molecule has 0 atom stereocenters. The van der Waals surface area contributed by atoms with Crippen molar-refractivity contribution < 1.29 is 0 Å². The van der Waals surface area contributed by atoms with Crippen LogP contribution in [0.2, 0.25) is 0 Å². The van der Waals surface area contributed by atoms with E-state index < -0.39 is 0 Å². The first-order valence-electron chi connectivity index (χ1n) is 21.5. The van der Waals surface area contributed by atoms with Crippen molar-refractivity contribution in [3.8, 4) is 56.3 Å². The first-order valence-corrected chi connectivity index (χ1v) is 21.5. The van der Waals surface area contributed by atoms with Crippen LogP contribution in [0.15, 0.2) is 219 Å². The van der Waals surface area contributed by atoms with E-state index >= 15 is 0 Å². The Labute approximate surface area is 368 Å². The second kappa shape index (κ2) is 14.4. The summed E-state index contributed by atoms with van der Waals surface area (Å²) in [6, 6.07) is 67.2. The Morgan fingerprint density at radius 3 is 1.41 bits per heavy atom. The predicted molar refractivity (Wildman–Crippen MR) is 263 cm³/mol. The normalized spacial score (nSPS) is 11.8. The molecule has 7 aromatic carbocycles. The van der Waals surface area contributed by atoms with Crippen molar-refractivity contribution in [2.24, 2.45) is 0 Å². The van der Waals surface area contributed by atoms with Crippen LogP contribution in [0.5, 0.6) is 0 Å². The van der Waals surface area contributed by atoms with E-state index in [-0.39, 0.29) is 0 Å². The van der Waals surface area contributed by atoms with Crippen LogP contribution in [0.1, 0.15) is 0 Å². The molecule has 0 amide bonds. The number of fused-ring (bicyclic) bond motifs is 8. The van der Waals surface area contributed by atoms with Crippen LogP contribution >= 0.6 is 0 Å². The highest BCUT2D eigenvalue weighted by molar-refractivity contribution is 6.21. The van der Waals surface area contributed by atoms with Crippen molar-refractivity contribution in [3.63, 3.8) is 0 Å². The van der Waals surface area contributed by atoms with Gasteiger partial charge in [-0.1, -0.05) is 115 Å². The zero-order valence-corrected chi connectivity index (χ0v) is 34.5.